The molecule has 228 valence electrons. The SMILES string of the molecule is COC(=O)C[C@@H]1CCc2cc(OCc3cc4c(cc3F)CCCc3cc(OCC5(O)CC[S+]([O-])[C@@H](C)C5)ccc3-4)ccc21. The molecule has 1 fully saturated rings. The van der Waals surface area contributed by atoms with Crippen molar-refractivity contribution in [3.63, 3.8) is 0 Å². The van der Waals surface area contributed by atoms with E-state index in [1.165, 1.54) is 12.7 Å². The van der Waals surface area contributed by atoms with Crippen LogP contribution in [0, 0.1) is 5.82 Å². The standard InChI is InChI=1S/C35H39FO6S/c1-22-19-35(38,12-13-43(22)39)21-42-29-9-11-31-23(14-29)4-3-5-24-17-33(36)27(16-32(24)31)20-41-28-8-10-30-25(15-28)6-7-26(30)18-34(37)40-2/h8-11,14-17,22,26,38H,3-7,12-13,18-21H2,1-2H3/t22-,26-,35?,43?/m0/s1. The molecule has 6 nitrogen and oxygen atoms in total. The molecule has 8 heteroatoms. The van der Waals surface area contributed by atoms with Crippen LogP contribution in [-0.2, 0) is 46.6 Å². The van der Waals surface area contributed by atoms with Gasteiger partial charge in [-0.2, -0.15) is 0 Å². The summed E-state index contributed by atoms with van der Waals surface area (Å²) in [6.07, 6.45) is 5.63. The van der Waals surface area contributed by atoms with Crippen LogP contribution in [-0.4, -0.2) is 45.9 Å². The highest BCUT2D eigenvalue weighted by atomic mass is 32.2. The molecule has 0 bridgehead atoms. The average molecular weight is 607 g/mol. The van der Waals surface area contributed by atoms with E-state index in [2.05, 4.69) is 0 Å². The second kappa shape index (κ2) is 12.5. The summed E-state index contributed by atoms with van der Waals surface area (Å²) < 4.78 is 44.3. The number of hydrogen-bond acceptors (Lipinski definition) is 6. The molecule has 2 unspecified atom stereocenters. The monoisotopic (exact) mass is 606 g/mol. The Kier molecular flexibility index (Phi) is 8.72. The fourth-order valence-electron chi connectivity index (χ4n) is 6.83. The summed E-state index contributed by atoms with van der Waals surface area (Å²) in [6, 6.07) is 15.5. The highest BCUT2D eigenvalue weighted by Crippen LogP contribution is 2.39. The fourth-order valence-corrected chi connectivity index (χ4v) is 8.31. The third kappa shape index (κ3) is 6.56. The van der Waals surface area contributed by atoms with Crippen molar-refractivity contribution < 1.29 is 33.1 Å². The number of fused-ring (bicyclic) bond motifs is 4. The maximum atomic E-state index is 15.3. The Morgan fingerprint density at radius 2 is 1.77 bits per heavy atom. The molecule has 4 atom stereocenters. The summed E-state index contributed by atoms with van der Waals surface area (Å²) in [5, 5.41) is 11.0. The lowest BCUT2D eigenvalue weighted by atomic mass is 9.94. The molecule has 3 aromatic rings. The summed E-state index contributed by atoms with van der Waals surface area (Å²) in [5.41, 5.74) is 6.07. The number of rotatable bonds is 8. The molecule has 0 amide bonds. The predicted molar refractivity (Wildman–Crippen MR) is 164 cm³/mol. The lowest BCUT2D eigenvalue weighted by Crippen LogP contribution is -2.47. The third-order valence-corrected chi connectivity index (χ3v) is 10.9. The van der Waals surface area contributed by atoms with Crippen LogP contribution >= 0.6 is 0 Å². The minimum atomic E-state index is -0.970. The van der Waals surface area contributed by atoms with E-state index >= 15 is 4.39 Å². The Morgan fingerprint density at radius 1 is 1.02 bits per heavy atom. The van der Waals surface area contributed by atoms with E-state index in [0.29, 0.717) is 42.1 Å². The molecule has 0 aromatic heterocycles. The molecule has 1 aliphatic heterocycles. The molecule has 3 aliphatic rings. The number of methoxy groups -OCH3 is 1. The molecule has 1 N–H and O–H groups in total. The summed E-state index contributed by atoms with van der Waals surface area (Å²) in [7, 11) is 1.42. The van der Waals surface area contributed by atoms with E-state index < -0.39 is 16.8 Å². The number of aliphatic hydroxyl groups is 1. The number of esters is 1. The van der Waals surface area contributed by atoms with Gasteiger partial charge >= 0.3 is 5.97 Å². The minimum Gasteiger partial charge on any atom is -0.616 e. The van der Waals surface area contributed by atoms with Crippen LogP contribution in [0.25, 0.3) is 11.1 Å². The van der Waals surface area contributed by atoms with E-state index in [-0.39, 0.29) is 36.2 Å². The first-order chi connectivity index (χ1) is 20.7. The Morgan fingerprint density at radius 3 is 2.56 bits per heavy atom. The van der Waals surface area contributed by atoms with Crippen LogP contribution in [0.5, 0.6) is 11.5 Å². The average Bonchev–Trinajstić information content (AvgIpc) is 3.30. The summed E-state index contributed by atoms with van der Waals surface area (Å²) >= 11 is -0.890. The zero-order valence-corrected chi connectivity index (χ0v) is 25.6. The van der Waals surface area contributed by atoms with Gasteiger partial charge in [-0.3, -0.25) is 4.79 Å². The van der Waals surface area contributed by atoms with Crippen molar-refractivity contribution >= 4 is 17.1 Å². The molecule has 0 radical (unpaired) electrons. The molecule has 1 saturated heterocycles. The Balaban J connectivity index is 1.16. The van der Waals surface area contributed by atoms with Crippen molar-refractivity contribution in [1.29, 1.82) is 0 Å². The van der Waals surface area contributed by atoms with E-state index in [0.717, 1.165) is 59.9 Å². The van der Waals surface area contributed by atoms with E-state index in [9.17, 15) is 14.5 Å². The van der Waals surface area contributed by atoms with E-state index in [1.807, 2.05) is 49.4 Å². The van der Waals surface area contributed by atoms with Crippen molar-refractivity contribution in [1.82, 2.24) is 0 Å². The van der Waals surface area contributed by atoms with Gasteiger partial charge in [-0.05, 0) is 115 Å². The molecular formula is C35H39FO6S. The molecule has 2 aliphatic carbocycles. The molecular weight excluding hydrogens is 567 g/mol. The topological polar surface area (TPSA) is 88.1 Å². The van der Waals surface area contributed by atoms with E-state index in [4.69, 9.17) is 14.2 Å². The Bertz CT molecular complexity index is 1510. The van der Waals surface area contributed by atoms with Crippen LogP contribution in [0.1, 0.15) is 72.8 Å². The predicted octanol–water partition coefficient (Wildman–Crippen LogP) is 6.19. The molecule has 43 heavy (non-hydrogen) atoms. The second-order valence-corrected chi connectivity index (χ2v) is 14.3. The van der Waals surface area contributed by atoms with Gasteiger partial charge in [0.15, 0.2) is 0 Å². The zero-order chi connectivity index (χ0) is 30.1. The summed E-state index contributed by atoms with van der Waals surface area (Å²) in [5.74, 6) is 1.58. The van der Waals surface area contributed by atoms with Crippen LogP contribution in [0.4, 0.5) is 4.39 Å². The molecule has 6 rings (SSSR count). The van der Waals surface area contributed by atoms with Gasteiger partial charge in [-0.25, -0.2) is 4.39 Å². The Hall–Kier alpha value is -3.07. The van der Waals surface area contributed by atoms with Crippen LogP contribution in [0.15, 0.2) is 48.5 Å². The lowest BCUT2D eigenvalue weighted by molar-refractivity contribution is -0.141. The number of aryl methyl sites for hydroxylation is 3. The number of halogens is 1. The number of ether oxygens (including phenoxy) is 3. The zero-order valence-electron chi connectivity index (χ0n) is 24.8. The summed E-state index contributed by atoms with van der Waals surface area (Å²) in [6.45, 7) is 2.20. The van der Waals surface area contributed by atoms with Crippen molar-refractivity contribution in [2.45, 2.75) is 81.7 Å². The highest BCUT2D eigenvalue weighted by Gasteiger charge is 2.40. The van der Waals surface area contributed by atoms with Gasteiger partial charge in [0.1, 0.15) is 47.1 Å². The van der Waals surface area contributed by atoms with Crippen molar-refractivity contribution in [2.24, 2.45) is 0 Å². The van der Waals surface area contributed by atoms with Gasteiger partial charge in [-0.1, -0.05) is 23.3 Å². The molecule has 1 heterocycles. The third-order valence-electron chi connectivity index (χ3n) is 9.28. The van der Waals surface area contributed by atoms with Gasteiger partial charge in [0.05, 0.1) is 13.5 Å². The van der Waals surface area contributed by atoms with Crippen LogP contribution in [0.2, 0.25) is 0 Å². The van der Waals surface area contributed by atoms with Crippen LogP contribution in [0.3, 0.4) is 0 Å². The maximum absolute atomic E-state index is 15.3. The van der Waals surface area contributed by atoms with Crippen LogP contribution < -0.4 is 9.47 Å². The van der Waals surface area contributed by atoms with Crippen molar-refractivity contribution in [3.8, 4) is 22.6 Å². The normalized spacial score (nSPS) is 24.3. The first kappa shape index (κ1) is 30.0. The Labute approximate surface area is 255 Å². The number of carbonyl (C=O) groups excluding carboxylic acids is 1. The fraction of sp³-hybridized carbons (Fsp3) is 0.457. The quantitative estimate of drug-likeness (QED) is 0.243. The van der Waals surface area contributed by atoms with Gasteiger partial charge in [0.2, 0.25) is 0 Å². The maximum Gasteiger partial charge on any atom is 0.306 e. The molecule has 0 spiro atoms. The van der Waals surface area contributed by atoms with Crippen molar-refractivity contribution in [2.75, 3.05) is 19.5 Å². The van der Waals surface area contributed by atoms with E-state index in [1.54, 1.807) is 6.07 Å². The number of hydrogen-bond donors (Lipinski definition) is 1. The highest BCUT2D eigenvalue weighted by molar-refractivity contribution is 7.92. The second-order valence-electron chi connectivity index (χ2n) is 12.3. The van der Waals surface area contributed by atoms with Gasteiger partial charge in [-0.15, -0.1) is 0 Å². The summed E-state index contributed by atoms with van der Waals surface area (Å²) in [4.78, 5) is 11.8. The largest absolute Gasteiger partial charge is 0.616 e. The van der Waals surface area contributed by atoms with Gasteiger partial charge in [0.25, 0.3) is 0 Å². The van der Waals surface area contributed by atoms with Crippen molar-refractivity contribution in [3.05, 3.63) is 82.2 Å². The first-order valence-electron chi connectivity index (χ1n) is 15.2. The van der Waals surface area contributed by atoms with Gasteiger partial charge in [0, 0.05) is 18.4 Å². The molecule has 3 aromatic carbocycles. The minimum absolute atomic E-state index is 0.0439. The smallest absolute Gasteiger partial charge is 0.306 e. The van der Waals surface area contributed by atoms with Gasteiger partial charge < -0.3 is 23.9 Å². The molecule has 0 saturated carbocycles. The number of carbonyl (C=O) groups is 1. The lowest BCUT2D eigenvalue weighted by Gasteiger charge is -2.36. The number of benzene rings is 3. The first-order valence-corrected chi connectivity index (χ1v) is 16.6.